The highest BCUT2D eigenvalue weighted by atomic mass is 32.2. The van der Waals surface area contributed by atoms with Gasteiger partial charge in [0.05, 0.1) is 4.90 Å². The van der Waals surface area contributed by atoms with Crippen molar-refractivity contribution in [3.05, 3.63) is 38.7 Å². The van der Waals surface area contributed by atoms with Crippen LogP contribution in [0.4, 0.5) is 0 Å². The Kier molecular flexibility index (Phi) is 4.75. The zero-order valence-electron chi connectivity index (χ0n) is 10.7. The number of hydrogen-bond acceptors (Lipinski definition) is 5. The first kappa shape index (κ1) is 14.7. The van der Waals surface area contributed by atoms with Crippen LogP contribution in [0.15, 0.2) is 33.2 Å². The number of hydrogen-bond donors (Lipinski definition) is 2. The van der Waals surface area contributed by atoms with Crippen molar-refractivity contribution in [2.45, 2.75) is 24.4 Å². The van der Waals surface area contributed by atoms with Crippen LogP contribution in [-0.2, 0) is 16.6 Å². The predicted octanol–water partition coefficient (Wildman–Crippen LogP) is 2.57. The lowest BCUT2D eigenvalue weighted by Crippen LogP contribution is -2.27. The lowest BCUT2D eigenvalue weighted by atomic mass is 10.2. The molecule has 2 N–H and O–H groups in total. The highest BCUT2D eigenvalue weighted by Crippen LogP contribution is 2.24. The van der Waals surface area contributed by atoms with Crippen molar-refractivity contribution in [1.29, 1.82) is 0 Å². The quantitative estimate of drug-likeness (QED) is 0.861. The van der Waals surface area contributed by atoms with Crippen LogP contribution in [0, 0.1) is 0 Å². The van der Waals surface area contributed by atoms with Gasteiger partial charge in [-0.3, -0.25) is 0 Å². The molecule has 19 heavy (non-hydrogen) atoms. The van der Waals surface area contributed by atoms with E-state index in [1.165, 1.54) is 11.3 Å². The van der Waals surface area contributed by atoms with Gasteiger partial charge in [-0.1, -0.05) is 0 Å². The van der Waals surface area contributed by atoms with Crippen molar-refractivity contribution in [2.75, 3.05) is 7.05 Å². The maximum absolute atomic E-state index is 12.4. The molecule has 0 aliphatic rings. The van der Waals surface area contributed by atoms with Gasteiger partial charge in [0.2, 0.25) is 10.0 Å². The average Bonchev–Trinajstić information content (AvgIpc) is 2.99. The Morgan fingerprint density at radius 2 is 2.11 bits per heavy atom. The number of sulfonamides is 1. The standard InChI is InChI=1S/C12H16N2O2S3/c1-9(10-3-5-17-8-10)14-19(15,16)12-4-6-18-11(12)7-13-2/h3-6,8-9,13-14H,7H2,1-2H3. The number of rotatable bonds is 6. The molecule has 0 amide bonds. The van der Waals surface area contributed by atoms with Gasteiger partial charge in [-0.15, -0.1) is 11.3 Å². The number of thiophene rings is 2. The minimum atomic E-state index is -3.47. The van der Waals surface area contributed by atoms with Crippen molar-refractivity contribution in [3.8, 4) is 0 Å². The molecule has 0 fully saturated rings. The van der Waals surface area contributed by atoms with Crippen molar-refractivity contribution in [3.63, 3.8) is 0 Å². The molecule has 2 rings (SSSR count). The molecule has 1 atom stereocenters. The van der Waals surface area contributed by atoms with Gasteiger partial charge in [-0.05, 0) is 47.8 Å². The van der Waals surface area contributed by atoms with Crippen LogP contribution >= 0.6 is 22.7 Å². The second kappa shape index (κ2) is 6.15. The van der Waals surface area contributed by atoms with Crippen LogP contribution < -0.4 is 10.0 Å². The van der Waals surface area contributed by atoms with Crippen LogP contribution in [0.2, 0.25) is 0 Å². The molecule has 2 heterocycles. The maximum Gasteiger partial charge on any atom is 0.242 e. The number of nitrogens with one attached hydrogen (secondary N) is 2. The average molecular weight is 316 g/mol. The van der Waals surface area contributed by atoms with Crippen LogP contribution in [0.25, 0.3) is 0 Å². The monoisotopic (exact) mass is 316 g/mol. The molecule has 0 saturated carbocycles. The second-order valence-electron chi connectivity index (χ2n) is 4.14. The molecule has 4 nitrogen and oxygen atoms in total. The fraction of sp³-hybridized carbons (Fsp3) is 0.333. The van der Waals surface area contributed by atoms with Crippen LogP contribution in [0.1, 0.15) is 23.4 Å². The van der Waals surface area contributed by atoms with E-state index in [0.717, 1.165) is 10.4 Å². The van der Waals surface area contributed by atoms with Gasteiger partial charge in [-0.25, -0.2) is 13.1 Å². The van der Waals surface area contributed by atoms with E-state index >= 15 is 0 Å². The molecule has 0 aromatic carbocycles. The van der Waals surface area contributed by atoms with Crippen LogP contribution in [0.5, 0.6) is 0 Å². The Morgan fingerprint density at radius 1 is 1.32 bits per heavy atom. The molecule has 0 bridgehead atoms. The SMILES string of the molecule is CNCc1sccc1S(=O)(=O)NC(C)c1ccsc1. The van der Waals surface area contributed by atoms with E-state index in [2.05, 4.69) is 10.0 Å². The summed E-state index contributed by atoms with van der Waals surface area (Å²) in [6, 6.07) is 3.36. The van der Waals surface area contributed by atoms with Gasteiger partial charge < -0.3 is 5.32 Å². The summed E-state index contributed by atoms with van der Waals surface area (Å²) in [6.45, 7) is 2.41. The summed E-state index contributed by atoms with van der Waals surface area (Å²) in [4.78, 5) is 1.20. The topological polar surface area (TPSA) is 58.2 Å². The Hall–Kier alpha value is -0.730. The Labute approximate surface area is 121 Å². The summed E-state index contributed by atoms with van der Waals surface area (Å²) in [5.41, 5.74) is 0.985. The summed E-state index contributed by atoms with van der Waals surface area (Å²) in [5, 5.41) is 8.68. The predicted molar refractivity (Wildman–Crippen MR) is 80.1 cm³/mol. The molecule has 0 aliphatic carbocycles. The Morgan fingerprint density at radius 3 is 2.74 bits per heavy atom. The molecular weight excluding hydrogens is 300 g/mol. The van der Waals surface area contributed by atoms with Gasteiger partial charge in [0.15, 0.2) is 0 Å². The van der Waals surface area contributed by atoms with E-state index in [1.54, 1.807) is 29.8 Å². The molecule has 0 aliphatic heterocycles. The second-order valence-corrected chi connectivity index (χ2v) is 7.60. The van der Waals surface area contributed by atoms with Gasteiger partial charge >= 0.3 is 0 Å². The molecule has 0 spiro atoms. The summed E-state index contributed by atoms with van der Waals surface area (Å²) >= 11 is 3.01. The largest absolute Gasteiger partial charge is 0.315 e. The fourth-order valence-electron chi connectivity index (χ4n) is 1.74. The molecule has 0 saturated heterocycles. The first-order valence-electron chi connectivity index (χ1n) is 5.80. The first-order valence-corrected chi connectivity index (χ1v) is 9.10. The molecule has 7 heteroatoms. The summed E-state index contributed by atoms with van der Waals surface area (Å²) in [5.74, 6) is 0. The third kappa shape index (κ3) is 3.43. The first-order chi connectivity index (χ1) is 9.04. The maximum atomic E-state index is 12.4. The summed E-state index contributed by atoms with van der Waals surface area (Å²) in [7, 11) is -1.67. The van der Waals surface area contributed by atoms with E-state index in [-0.39, 0.29) is 6.04 Å². The summed E-state index contributed by atoms with van der Waals surface area (Å²) in [6.07, 6.45) is 0. The minimum Gasteiger partial charge on any atom is -0.315 e. The van der Waals surface area contributed by atoms with Gasteiger partial charge in [0, 0.05) is 17.5 Å². The van der Waals surface area contributed by atoms with E-state index in [1.807, 2.05) is 23.8 Å². The van der Waals surface area contributed by atoms with E-state index in [4.69, 9.17) is 0 Å². The van der Waals surface area contributed by atoms with Gasteiger partial charge in [0.25, 0.3) is 0 Å². The highest BCUT2D eigenvalue weighted by molar-refractivity contribution is 7.89. The van der Waals surface area contributed by atoms with Gasteiger partial charge in [0.1, 0.15) is 0 Å². The highest BCUT2D eigenvalue weighted by Gasteiger charge is 2.22. The zero-order chi connectivity index (χ0) is 13.9. The third-order valence-electron chi connectivity index (χ3n) is 2.71. The van der Waals surface area contributed by atoms with Crippen molar-refractivity contribution in [2.24, 2.45) is 0 Å². The Bertz CT molecular complexity index is 617. The molecule has 2 aromatic heterocycles. The van der Waals surface area contributed by atoms with E-state index in [0.29, 0.717) is 11.4 Å². The van der Waals surface area contributed by atoms with Crippen LogP contribution in [0.3, 0.4) is 0 Å². The molecule has 0 radical (unpaired) electrons. The van der Waals surface area contributed by atoms with Crippen molar-refractivity contribution >= 4 is 32.7 Å². The normalized spacial score (nSPS) is 13.6. The molecular formula is C12H16N2O2S3. The van der Waals surface area contributed by atoms with Crippen molar-refractivity contribution in [1.82, 2.24) is 10.0 Å². The molecule has 2 aromatic rings. The third-order valence-corrected chi connectivity index (χ3v) is 6.08. The summed E-state index contributed by atoms with van der Waals surface area (Å²) < 4.78 is 27.4. The molecule has 104 valence electrons. The minimum absolute atomic E-state index is 0.224. The lowest BCUT2D eigenvalue weighted by molar-refractivity contribution is 0.566. The van der Waals surface area contributed by atoms with Crippen LogP contribution in [-0.4, -0.2) is 15.5 Å². The Balaban J connectivity index is 2.20. The van der Waals surface area contributed by atoms with Gasteiger partial charge in [-0.2, -0.15) is 11.3 Å². The van der Waals surface area contributed by atoms with E-state index in [9.17, 15) is 8.42 Å². The smallest absolute Gasteiger partial charge is 0.242 e. The van der Waals surface area contributed by atoms with Crippen molar-refractivity contribution < 1.29 is 8.42 Å². The van der Waals surface area contributed by atoms with E-state index < -0.39 is 10.0 Å². The zero-order valence-corrected chi connectivity index (χ0v) is 13.2. The molecule has 1 unspecified atom stereocenters. The fourth-order valence-corrected chi connectivity index (χ4v) is 5.18. The lowest BCUT2D eigenvalue weighted by Gasteiger charge is -2.13.